The Morgan fingerprint density at radius 1 is 1.26 bits per heavy atom. The second-order valence-electron chi connectivity index (χ2n) is 7.97. The third-order valence-electron chi connectivity index (χ3n) is 6.14. The fourth-order valence-corrected chi connectivity index (χ4v) is 5.84. The second kappa shape index (κ2) is 7.72. The molecule has 0 spiro atoms. The fraction of sp³-hybridized carbons (Fsp3) is 0.650. The van der Waals surface area contributed by atoms with Gasteiger partial charge in [-0.25, -0.2) is 9.97 Å². The second-order valence-corrected chi connectivity index (χ2v) is 9.05. The van der Waals surface area contributed by atoms with Crippen molar-refractivity contribution in [3.8, 4) is 0 Å². The van der Waals surface area contributed by atoms with Gasteiger partial charge in [-0.2, -0.15) is 0 Å². The Hall–Kier alpha value is -1.73. The Kier molecular flexibility index (Phi) is 5.32. The molecule has 2 aromatic rings. The van der Waals surface area contributed by atoms with E-state index in [2.05, 4.69) is 34.3 Å². The molecule has 146 valence electrons. The number of anilines is 1. The molecule has 7 heteroatoms. The van der Waals surface area contributed by atoms with Crippen molar-refractivity contribution in [3.63, 3.8) is 0 Å². The van der Waals surface area contributed by atoms with Crippen LogP contribution < -0.4 is 5.32 Å². The topological polar surface area (TPSA) is 67.3 Å². The molecule has 0 aliphatic heterocycles. The average molecular weight is 389 g/mol. The summed E-state index contributed by atoms with van der Waals surface area (Å²) in [6, 6.07) is 1.14. The van der Waals surface area contributed by atoms with E-state index >= 15 is 0 Å². The SMILES string of the molecule is COC(=O)CC1CCc2sc3ncnc(N[C@H]4CC[C@H](N(C)C)CC4)c3c21. The normalized spacial score (nSPS) is 25.0. The molecule has 0 bridgehead atoms. The smallest absolute Gasteiger partial charge is 0.306 e. The number of nitrogens with zero attached hydrogens (tertiary/aromatic N) is 3. The van der Waals surface area contributed by atoms with Gasteiger partial charge in [0.2, 0.25) is 0 Å². The van der Waals surface area contributed by atoms with Crippen LogP contribution in [0, 0.1) is 0 Å². The van der Waals surface area contributed by atoms with Gasteiger partial charge in [-0.05, 0) is 64.1 Å². The number of carbonyl (C=O) groups is 1. The maximum absolute atomic E-state index is 11.9. The summed E-state index contributed by atoms with van der Waals surface area (Å²) in [6.07, 6.45) is 8.88. The Morgan fingerprint density at radius 2 is 2.04 bits per heavy atom. The number of thiophene rings is 1. The molecule has 0 saturated heterocycles. The minimum absolute atomic E-state index is 0.138. The number of ether oxygens (including phenoxy) is 1. The van der Waals surface area contributed by atoms with Crippen LogP contribution in [0.1, 0.15) is 54.9 Å². The van der Waals surface area contributed by atoms with E-state index in [9.17, 15) is 4.79 Å². The number of aromatic nitrogens is 2. The fourth-order valence-electron chi connectivity index (χ4n) is 4.60. The van der Waals surface area contributed by atoms with Gasteiger partial charge in [0, 0.05) is 17.0 Å². The molecule has 1 fully saturated rings. The van der Waals surface area contributed by atoms with Gasteiger partial charge in [0.15, 0.2) is 0 Å². The van der Waals surface area contributed by atoms with Crippen LogP contribution in [0.4, 0.5) is 5.82 Å². The monoisotopic (exact) mass is 388 g/mol. The molecule has 1 atom stereocenters. The Morgan fingerprint density at radius 3 is 2.74 bits per heavy atom. The van der Waals surface area contributed by atoms with Crippen molar-refractivity contribution in [2.75, 3.05) is 26.5 Å². The molecule has 0 radical (unpaired) electrons. The molecular weight excluding hydrogens is 360 g/mol. The Bertz CT molecular complexity index is 827. The molecule has 2 heterocycles. The molecule has 6 nitrogen and oxygen atoms in total. The van der Waals surface area contributed by atoms with Gasteiger partial charge >= 0.3 is 5.97 Å². The van der Waals surface area contributed by atoms with E-state index in [1.807, 2.05) is 0 Å². The molecule has 2 aliphatic carbocycles. The minimum Gasteiger partial charge on any atom is -0.469 e. The summed E-state index contributed by atoms with van der Waals surface area (Å²) in [4.78, 5) is 25.7. The van der Waals surface area contributed by atoms with Gasteiger partial charge in [-0.1, -0.05) is 0 Å². The van der Waals surface area contributed by atoms with Crippen molar-refractivity contribution < 1.29 is 9.53 Å². The molecule has 4 rings (SSSR count). The average Bonchev–Trinajstić information content (AvgIpc) is 3.22. The highest BCUT2D eigenvalue weighted by Crippen LogP contribution is 2.46. The van der Waals surface area contributed by atoms with Crippen molar-refractivity contribution in [1.82, 2.24) is 14.9 Å². The lowest BCUT2D eigenvalue weighted by molar-refractivity contribution is -0.141. The zero-order chi connectivity index (χ0) is 19.0. The van der Waals surface area contributed by atoms with Crippen LogP contribution in [0.2, 0.25) is 0 Å². The predicted octanol–water partition coefficient (Wildman–Crippen LogP) is 3.57. The van der Waals surface area contributed by atoms with Gasteiger partial charge in [0.05, 0.1) is 18.9 Å². The first-order valence-corrected chi connectivity index (χ1v) is 10.6. The number of carbonyl (C=O) groups excluding carboxylic acids is 1. The molecule has 1 N–H and O–H groups in total. The van der Waals surface area contributed by atoms with E-state index in [1.54, 1.807) is 17.7 Å². The zero-order valence-corrected chi connectivity index (χ0v) is 17.1. The van der Waals surface area contributed by atoms with Gasteiger partial charge in [0.25, 0.3) is 0 Å². The Balaban J connectivity index is 1.58. The van der Waals surface area contributed by atoms with Gasteiger partial charge in [-0.15, -0.1) is 11.3 Å². The molecule has 2 aromatic heterocycles. The lowest BCUT2D eigenvalue weighted by atomic mass is 9.90. The van der Waals surface area contributed by atoms with Crippen LogP contribution in [0.5, 0.6) is 0 Å². The summed E-state index contributed by atoms with van der Waals surface area (Å²) in [5, 5.41) is 4.85. The summed E-state index contributed by atoms with van der Waals surface area (Å²) >= 11 is 1.76. The predicted molar refractivity (Wildman–Crippen MR) is 108 cm³/mol. The summed E-state index contributed by atoms with van der Waals surface area (Å²) < 4.78 is 4.91. The van der Waals surface area contributed by atoms with Crippen LogP contribution in [0.25, 0.3) is 10.2 Å². The number of nitrogens with one attached hydrogen (secondary N) is 1. The standard InChI is InChI=1S/C20H28N4O2S/c1-24(2)14-7-5-13(6-8-14)23-19-18-17-12(10-16(25)26-3)4-9-15(17)27-20(18)22-11-21-19/h11-14H,4-10H2,1-3H3,(H,21,22,23)/t12?,13-,14-. The van der Waals surface area contributed by atoms with Crippen LogP contribution >= 0.6 is 11.3 Å². The summed E-state index contributed by atoms with van der Waals surface area (Å²) in [6.45, 7) is 0. The number of rotatable bonds is 5. The minimum atomic E-state index is -0.138. The lowest BCUT2D eigenvalue weighted by Gasteiger charge is -2.33. The largest absolute Gasteiger partial charge is 0.469 e. The number of aryl methyl sites for hydroxylation is 1. The number of esters is 1. The zero-order valence-electron chi connectivity index (χ0n) is 16.3. The number of hydrogen-bond donors (Lipinski definition) is 1. The lowest BCUT2D eigenvalue weighted by Crippen LogP contribution is -2.36. The molecule has 27 heavy (non-hydrogen) atoms. The van der Waals surface area contributed by atoms with Crippen LogP contribution in [0.15, 0.2) is 6.33 Å². The first kappa shape index (κ1) is 18.6. The van der Waals surface area contributed by atoms with Crippen LogP contribution in [-0.2, 0) is 16.0 Å². The van der Waals surface area contributed by atoms with Crippen LogP contribution in [0.3, 0.4) is 0 Å². The molecule has 1 unspecified atom stereocenters. The highest BCUT2D eigenvalue weighted by molar-refractivity contribution is 7.19. The van der Waals surface area contributed by atoms with Crippen molar-refractivity contribution in [1.29, 1.82) is 0 Å². The van der Waals surface area contributed by atoms with E-state index in [4.69, 9.17) is 4.74 Å². The number of fused-ring (bicyclic) bond motifs is 3. The van der Waals surface area contributed by atoms with Crippen molar-refractivity contribution >= 4 is 33.3 Å². The van der Waals surface area contributed by atoms with Gasteiger partial charge < -0.3 is 15.0 Å². The third kappa shape index (κ3) is 3.67. The molecule has 2 aliphatic rings. The summed E-state index contributed by atoms with van der Waals surface area (Å²) in [5.74, 6) is 1.03. The van der Waals surface area contributed by atoms with Crippen molar-refractivity contribution in [2.24, 2.45) is 0 Å². The van der Waals surface area contributed by atoms with Crippen molar-refractivity contribution in [3.05, 3.63) is 16.8 Å². The third-order valence-corrected chi connectivity index (χ3v) is 7.31. The highest BCUT2D eigenvalue weighted by Gasteiger charge is 2.32. The van der Waals surface area contributed by atoms with E-state index in [-0.39, 0.29) is 11.9 Å². The van der Waals surface area contributed by atoms with Gasteiger partial charge in [0.1, 0.15) is 17.0 Å². The number of hydrogen-bond acceptors (Lipinski definition) is 7. The maximum Gasteiger partial charge on any atom is 0.306 e. The summed E-state index contributed by atoms with van der Waals surface area (Å²) in [5.41, 5.74) is 1.28. The molecule has 0 aromatic carbocycles. The molecule has 1 saturated carbocycles. The van der Waals surface area contributed by atoms with E-state index in [0.717, 1.165) is 41.7 Å². The highest BCUT2D eigenvalue weighted by atomic mass is 32.1. The Labute approximate surface area is 164 Å². The first-order chi connectivity index (χ1) is 13.1. The van der Waals surface area contributed by atoms with Gasteiger partial charge in [-0.3, -0.25) is 4.79 Å². The first-order valence-electron chi connectivity index (χ1n) is 9.82. The van der Waals surface area contributed by atoms with Crippen LogP contribution in [-0.4, -0.2) is 54.1 Å². The quantitative estimate of drug-likeness (QED) is 0.790. The summed E-state index contributed by atoms with van der Waals surface area (Å²) in [7, 11) is 5.80. The van der Waals surface area contributed by atoms with Crippen molar-refractivity contribution in [2.45, 2.75) is 62.9 Å². The maximum atomic E-state index is 11.9. The number of methoxy groups -OCH3 is 1. The van der Waals surface area contributed by atoms with E-state index in [1.165, 1.54) is 30.4 Å². The van der Waals surface area contributed by atoms with E-state index in [0.29, 0.717) is 18.5 Å². The molecular formula is C20H28N4O2S. The molecule has 0 amide bonds. The van der Waals surface area contributed by atoms with E-state index < -0.39 is 0 Å².